The fraction of sp³-hybridized carbons (Fsp3) is 0.118. The van der Waals surface area contributed by atoms with Crippen molar-refractivity contribution in [1.29, 1.82) is 0 Å². The molecule has 0 radical (unpaired) electrons. The second-order valence-corrected chi connectivity index (χ2v) is 5.89. The lowest BCUT2D eigenvalue weighted by Crippen LogP contribution is -2.11. The van der Waals surface area contributed by atoms with Crippen molar-refractivity contribution >= 4 is 15.9 Å². The zero-order valence-corrected chi connectivity index (χ0v) is 13.3. The van der Waals surface area contributed by atoms with Gasteiger partial charge >= 0.3 is 0 Å². The van der Waals surface area contributed by atoms with Crippen LogP contribution < -0.4 is 5.73 Å². The largest absolute Gasteiger partial charge is 0.320 e. The van der Waals surface area contributed by atoms with E-state index in [-0.39, 0.29) is 6.04 Å². The number of hydrogen-bond donors (Lipinski definition) is 1. The Bertz CT molecular complexity index is 750. The molecule has 2 N–H and O–H groups in total. The SMILES string of the molecule is Cc1ccc(C(N)c2cnn(-c3ccccc3)c2)cc1Br. The molecule has 2 aromatic carbocycles. The van der Waals surface area contributed by atoms with Crippen molar-refractivity contribution in [2.75, 3.05) is 0 Å². The molecule has 0 aliphatic carbocycles. The summed E-state index contributed by atoms with van der Waals surface area (Å²) in [6.45, 7) is 2.06. The van der Waals surface area contributed by atoms with Gasteiger partial charge in [-0.2, -0.15) is 5.10 Å². The summed E-state index contributed by atoms with van der Waals surface area (Å²) in [5.41, 5.74) is 10.6. The molecule has 1 aromatic heterocycles. The average Bonchev–Trinajstić information content (AvgIpc) is 3.00. The van der Waals surface area contributed by atoms with Crippen LogP contribution in [-0.4, -0.2) is 9.78 Å². The second kappa shape index (κ2) is 5.84. The van der Waals surface area contributed by atoms with Gasteiger partial charge in [-0.3, -0.25) is 0 Å². The summed E-state index contributed by atoms with van der Waals surface area (Å²) in [5, 5.41) is 4.40. The van der Waals surface area contributed by atoms with Gasteiger partial charge in [-0.25, -0.2) is 4.68 Å². The molecule has 0 spiro atoms. The van der Waals surface area contributed by atoms with E-state index in [1.807, 2.05) is 47.4 Å². The fourth-order valence-corrected chi connectivity index (χ4v) is 2.61. The first-order valence-corrected chi connectivity index (χ1v) is 7.56. The van der Waals surface area contributed by atoms with E-state index in [2.05, 4.69) is 46.2 Å². The van der Waals surface area contributed by atoms with Gasteiger partial charge in [0.2, 0.25) is 0 Å². The van der Waals surface area contributed by atoms with E-state index in [1.165, 1.54) is 5.56 Å². The first-order valence-electron chi connectivity index (χ1n) is 6.77. The van der Waals surface area contributed by atoms with Gasteiger partial charge in [-0.05, 0) is 36.2 Å². The van der Waals surface area contributed by atoms with Crippen LogP contribution in [0.15, 0.2) is 65.4 Å². The predicted octanol–water partition coefficient (Wildman–Crippen LogP) is 3.99. The van der Waals surface area contributed by atoms with Crippen LogP contribution in [0.25, 0.3) is 5.69 Å². The van der Waals surface area contributed by atoms with Crippen molar-refractivity contribution in [1.82, 2.24) is 9.78 Å². The molecule has 0 bridgehead atoms. The van der Waals surface area contributed by atoms with Crippen molar-refractivity contribution in [3.05, 3.63) is 82.1 Å². The minimum Gasteiger partial charge on any atom is -0.320 e. The Balaban J connectivity index is 1.90. The fourth-order valence-electron chi connectivity index (χ4n) is 2.21. The summed E-state index contributed by atoms with van der Waals surface area (Å²) in [6, 6.07) is 16.0. The summed E-state index contributed by atoms with van der Waals surface area (Å²) in [5.74, 6) is 0. The zero-order valence-electron chi connectivity index (χ0n) is 11.7. The molecule has 3 nitrogen and oxygen atoms in total. The van der Waals surface area contributed by atoms with Gasteiger partial charge in [0.05, 0.1) is 17.9 Å². The smallest absolute Gasteiger partial charge is 0.0645 e. The molecule has 3 rings (SSSR count). The van der Waals surface area contributed by atoms with Crippen molar-refractivity contribution in [3.63, 3.8) is 0 Å². The highest BCUT2D eigenvalue weighted by atomic mass is 79.9. The Labute approximate surface area is 132 Å². The van der Waals surface area contributed by atoms with Crippen LogP contribution >= 0.6 is 15.9 Å². The van der Waals surface area contributed by atoms with Crippen molar-refractivity contribution in [2.24, 2.45) is 5.73 Å². The summed E-state index contributed by atoms with van der Waals surface area (Å²) < 4.78 is 2.92. The van der Waals surface area contributed by atoms with Crippen molar-refractivity contribution < 1.29 is 0 Å². The molecule has 1 atom stereocenters. The van der Waals surface area contributed by atoms with Crippen LogP contribution in [-0.2, 0) is 0 Å². The van der Waals surface area contributed by atoms with Crippen LogP contribution in [0.1, 0.15) is 22.7 Å². The molecule has 1 heterocycles. The lowest BCUT2D eigenvalue weighted by Gasteiger charge is -2.11. The Kier molecular flexibility index (Phi) is 3.90. The molecule has 0 fully saturated rings. The lowest BCUT2D eigenvalue weighted by molar-refractivity contribution is 0.860. The van der Waals surface area contributed by atoms with E-state index in [4.69, 9.17) is 5.73 Å². The summed E-state index contributed by atoms with van der Waals surface area (Å²) in [6.07, 6.45) is 3.80. The van der Waals surface area contributed by atoms with Crippen molar-refractivity contribution in [2.45, 2.75) is 13.0 Å². The molecule has 4 heteroatoms. The maximum atomic E-state index is 6.35. The van der Waals surface area contributed by atoms with Crippen LogP contribution in [0.5, 0.6) is 0 Å². The second-order valence-electron chi connectivity index (χ2n) is 5.04. The minimum absolute atomic E-state index is 0.181. The molecule has 21 heavy (non-hydrogen) atoms. The van der Waals surface area contributed by atoms with Crippen LogP contribution in [0.3, 0.4) is 0 Å². The number of para-hydroxylation sites is 1. The molecular formula is C17H16BrN3. The number of benzene rings is 2. The van der Waals surface area contributed by atoms with Crippen LogP contribution in [0.2, 0.25) is 0 Å². The molecule has 0 aliphatic rings. The van der Waals surface area contributed by atoms with E-state index in [1.54, 1.807) is 0 Å². The summed E-state index contributed by atoms with van der Waals surface area (Å²) in [7, 11) is 0. The third-order valence-electron chi connectivity index (χ3n) is 3.54. The number of hydrogen-bond acceptors (Lipinski definition) is 2. The van der Waals surface area contributed by atoms with E-state index in [9.17, 15) is 0 Å². The highest BCUT2D eigenvalue weighted by molar-refractivity contribution is 9.10. The van der Waals surface area contributed by atoms with Crippen molar-refractivity contribution in [3.8, 4) is 5.69 Å². The molecule has 106 valence electrons. The van der Waals surface area contributed by atoms with Gasteiger partial charge in [0.1, 0.15) is 0 Å². The first kappa shape index (κ1) is 14.0. The molecule has 0 saturated heterocycles. The molecule has 0 aliphatic heterocycles. The van der Waals surface area contributed by atoms with Gasteiger partial charge in [0.15, 0.2) is 0 Å². The van der Waals surface area contributed by atoms with E-state index in [0.29, 0.717) is 0 Å². The van der Waals surface area contributed by atoms with E-state index >= 15 is 0 Å². The first-order chi connectivity index (χ1) is 10.1. The third-order valence-corrected chi connectivity index (χ3v) is 4.39. The average molecular weight is 342 g/mol. The topological polar surface area (TPSA) is 43.8 Å². The third kappa shape index (κ3) is 2.91. The number of rotatable bonds is 3. The molecule has 3 aromatic rings. The Hall–Kier alpha value is -1.91. The summed E-state index contributed by atoms with van der Waals surface area (Å²) in [4.78, 5) is 0. The van der Waals surface area contributed by atoms with Crippen LogP contribution in [0, 0.1) is 6.92 Å². The maximum Gasteiger partial charge on any atom is 0.0645 e. The number of aromatic nitrogens is 2. The van der Waals surface area contributed by atoms with Crippen LogP contribution in [0.4, 0.5) is 0 Å². The zero-order chi connectivity index (χ0) is 14.8. The van der Waals surface area contributed by atoms with E-state index < -0.39 is 0 Å². The molecule has 1 unspecified atom stereocenters. The predicted molar refractivity (Wildman–Crippen MR) is 88.5 cm³/mol. The lowest BCUT2D eigenvalue weighted by atomic mass is 10.0. The maximum absolute atomic E-state index is 6.35. The van der Waals surface area contributed by atoms with Gasteiger partial charge in [0.25, 0.3) is 0 Å². The van der Waals surface area contributed by atoms with E-state index in [0.717, 1.165) is 21.3 Å². The summed E-state index contributed by atoms with van der Waals surface area (Å²) >= 11 is 3.55. The highest BCUT2D eigenvalue weighted by Crippen LogP contribution is 2.25. The number of aryl methyl sites for hydroxylation is 1. The number of halogens is 1. The number of nitrogens with two attached hydrogens (primary N) is 1. The monoisotopic (exact) mass is 341 g/mol. The number of nitrogens with zero attached hydrogens (tertiary/aromatic N) is 2. The quantitative estimate of drug-likeness (QED) is 0.782. The normalized spacial score (nSPS) is 12.3. The minimum atomic E-state index is -0.181. The Morgan fingerprint density at radius 3 is 2.57 bits per heavy atom. The molecule has 0 saturated carbocycles. The standard InChI is InChI=1S/C17H16BrN3/c1-12-7-8-13(9-16(12)18)17(19)14-10-20-21(11-14)15-5-3-2-4-6-15/h2-11,17H,19H2,1H3. The van der Waals surface area contributed by atoms with Gasteiger partial charge in [-0.15, -0.1) is 0 Å². The highest BCUT2D eigenvalue weighted by Gasteiger charge is 2.12. The van der Waals surface area contributed by atoms with Gasteiger partial charge in [-0.1, -0.05) is 46.3 Å². The Morgan fingerprint density at radius 1 is 1.10 bits per heavy atom. The van der Waals surface area contributed by atoms with Gasteiger partial charge < -0.3 is 5.73 Å². The molecule has 0 amide bonds. The Morgan fingerprint density at radius 2 is 1.86 bits per heavy atom. The molecular weight excluding hydrogens is 326 g/mol. The van der Waals surface area contributed by atoms with Gasteiger partial charge in [0, 0.05) is 16.2 Å².